The maximum Gasteiger partial charge on any atom is 0.138 e. The molecule has 1 fully saturated rings. The highest BCUT2D eigenvalue weighted by atomic mass is 16.3. The fourth-order valence-electron chi connectivity index (χ4n) is 2.65. The monoisotopic (exact) mass is 223 g/mol. The Morgan fingerprint density at radius 1 is 1.50 bits per heavy atom. The quantitative estimate of drug-likeness (QED) is 0.846. The van der Waals surface area contributed by atoms with Gasteiger partial charge in [0.15, 0.2) is 0 Å². The lowest BCUT2D eigenvalue weighted by molar-refractivity contribution is 0.0400. The van der Waals surface area contributed by atoms with Gasteiger partial charge in [-0.25, -0.2) is 4.98 Å². The lowest BCUT2D eigenvalue weighted by Crippen LogP contribution is -2.32. The summed E-state index contributed by atoms with van der Waals surface area (Å²) in [6, 6.07) is 0. The zero-order valence-corrected chi connectivity index (χ0v) is 10.2. The van der Waals surface area contributed by atoms with Crippen molar-refractivity contribution in [3.63, 3.8) is 0 Å². The molecule has 0 aliphatic heterocycles. The molecule has 1 saturated carbocycles. The van der Waals surface area contributed by atoms with Crippen LogP contribution in [0.25, 0.3) is 0 Å². The number of aromatic nitrogens is 3. The smallest absolute Gasteiger partial charge is 0.138 e. The number of hydrogen-bond donors (Lipinski definition) is 1. The van der Waals surface area contributed by atoms with Crippen molar-refractivity contribution in [2.24, 2.45) is 5.41 Å². The molecule has 1 aromatic heterocycles. The minimum atomic E-state index is -0.288. The maximum atomic E-state index is 10.3. The van der Waals surface area contributed by atoms with E-state index >= 15 is 0 Å². The average molecular weight is 223 g/mol. The second-order valence-corrected chi connectivity index (χ2v) is 5.07. The number of aliphatic hydroxyl groups is 1. The van der Waals surface area contributed by atoms with Crippen LogP contribution in [0, 0.1) is 5.41 Å². The van der Waals surface area contributed by atoms with Gasteiger partial charge in [0, 0.05) is 13.0 Å². The van der Waals surface area contributed by atoms with Gasteiger partial charge in [-0.15, -0.1) is 0 Å². The van der Waals surface area contributed by atoms with E-state index in [9.17, 15) is 5.11 Å². The van der Waals surface area contributed by atoms with E-state index in [1.807, 2.05) is 11.6 Å². The molecule has 1 N–H and O–H groups in total. The predicted octanol–water partition coefficient (Wildman–Crippen LogP) is 1.78. The Balaban J connectivity index is 2.04. The van der Waals surface area contributed by atoms with Gasteiger partial charge < -0.3 is 5.11 Å². The molecule has 4 heteroatoms. The van der Waals surface area contributed by atoms with Crippen molar-refractivity contribution in [1.29, 1.82) is 0 Å². The van der Waals surface area contributed by atoms with Gasteiger partial charge in [-0.1, -0.05) is 19.8 Å². The van der Waals surface area contributed by atoms with Crippen LogP contribution in [0.3, 0.4) is 0 Å². The Labute approximate surface area is 96.7 Å². The average Bonchev–Trinajstić information content (AvgIpc) is 2.87. The first-order valence-electron chi connectivity index (χ1n) is 6.20. The van der Waals surface area contributed by atoms with Gasteiger partial charge in [-0.3, -0.25) is 4.68 Å². The van der Waals surface area contributed by atoms with Crippen LogP contribution in [0.2, 0.25) is 0 Å². The van der Waals surface area contributed by atoms with Crippen molar-refractivity contribution in [3.8, 4) is 0 Å². The van der Waals surface area contributed by atoms with Crippen molar-refractivity contribution in [2.45, 2.75) is 58.6 Å². The van der Waals surface area contributed by atoms with Crippen molar-refractivity contribution < 1.29 is 5.11 Å². The van der Waals surface area contributed by atoms with Crippen LogP contribution in [-0.4, -0.2) is 26.0 Å². The summed E-state index contributed by atoms with van der Waals surface area (Å²) in [6.07, 6.45) is 6.67. The first-order valence-corrected chi connectivity index (χ1v) is 6.20. The van der Waals surface area contributed by atoms with E-state index in [0.29, 0.717) is 6.42 Å². The summed E-state index contributed by atoms with van der Waals surface area (Å²) in [7, 11) is 0. The molecule has 1 aromatic rings. The van der Waals surface area contributed by atoms with Crippen molar-refractivity contribution in [3.05, 3.63) is 12.2 Å². The van der Waals surface area contributed by atoms with Crippen LogP contribution < -0.4 is 0 Å². The minimum absolute atomic E-state index is 0.0878. The van der Waals surface area contributed by atoms with Crippen LogP contribution in [0.15, 0.2) is 6.33 Å². The Bertz CT molecular complexity index is 342. The van der Waals surface area contributed by atoms with E-state index in [4.69, 9.17) is 0 Å². The number of aryl methyl sites for hydroxylation is 1. The second kappa shape index (κ2) is 4.53. The van der Waals surface area contributed by atoms with Crippen LogP contribution in [0.1, 0.15) is 45.4 Å². The van der Waals surface area contributed by atoms with Gasteiger partial charge in [0.1, 0.15) is 12.2 Å². The van der Waals surface area contributed by atoms with E-state index in [1.165, 1.54) is 12.8 Å². The summed E-state index contributed by atoms with van der Waals surface area (Å²) in [5.74, 6) is 0.906. The Hall–Kier alpha value is -0.900. The predicted molar refractivity (Wildman–Crippen MR) is 62.0 cm³/mol. The third-order valence-electron chi connectivity index (χ3n) is 3.92. The normalized spacial score (nSPS) is 21.2. The standard InChI is InChI=1S/C12H21N3O/c1-3-15-11(13-9-14-15)8-10(16)12(2)6-4-5-7-12/h9-10,16H,3-8H2,1-2H3. The van der Waals surface area contributed by atoms with Gasteiger partial charge in [-0.2, -0.15) is 5.10 Å². The molecule has 1 aliphatic carbocycles. The summed E-state index contributed by atoms with van der Waals surface area (Å²) in [5.41, 5.74) is 0.0878. The molecule has 0 aromatic carbocycles. The summed E-state index contributed by atoms with van der Waals surface area (Å²) in [6.45, 7) is 5.05. The molecule has 1 aliphatic rings. The number of hydrogen-bond acceptors (Lipinski definition) is 3. The molecule has 2 rings (SSSR count). The summed E-state index contributed by atoms with van der Waals surface area (Å²) < 4.78 is 1.86. The number of aliphatic hydroxyl groups excluding tert-OH is 1. The van der Waals surface area contributed by atoms with Crippen LogP contribution in [-0.2, 0) is 13.0 Å². The highest BCUT2D eigenvalue weighted by Crippen LogP contribution is 2.41. The van der Waals surface area contributed by atoms with Crippen molar-refractivity contribution >= 4 is 0 Å². The van der Waals surface area contributed by atoms with E-state index < -0.39 is 0 Å². The molecule has 1 heterocycles. The Kier molecular flexibility index (Phi) is 3.28. The van der Waals surface area contributed by atoms with E-state index in [1.54, 1.807) is 6.33 Å². The third-order valence-corrected chi connectivity index (χ3v) is 3.92. The highest BCUT2D eigenvalue weighted by molar-refractivity contribution is 4.95. The van der Waals surface area contributed by atoms with E-state index in [2.05, 4.69) is 17.0 Å². The molecule has 4 nitrogen and oxygen atoms in total. The van der Waals surface area contributed by atoms with E-state index in [0.717, 1.165) is 25.2 Å². The lowest BCUT2D eigenvalue weighted by atomic mass is 9.81. The largest absolute Gasteiger partial charge is 0.392 e. The molecule has 16 heavy (non-hydrogen) atoms. The molecule has 90 valence electrons. The molecular formula is C12H21N3O. The summed E-state index contributed by atoms with van der Waals surface area (Å²) in [4.78, 5) is 4.22. The topological polar surface area (TPSA) is 50.9 Å². The molecule has 0 amide bonds. The zero-order valence-electron chi connectivity index (χ0n) is 10.2. The van der Waals surface area contributed by atoms with Gasteiger partial charge in [0.2, 0.25) is 0 Å². The van der Waals surface area contributed by atoms with Gasteiger partial charge in [0.05, 0.1) is 6.10 Å². The summed E-state index contributed by atoms with van der Waals surface area (Å²) >= 11 is 0. The SMILES string of the molecule is CCn1ncnc1CC(O)C1(C)CCCC1. The van der Waals surface area contributed by atoms with Gasteiger partial charge in [-0.05, 0) is 25.2 Å². The van der Waals surface area contributed by atoms with Gasteiger partial charge >= 0.3 is 0 Å². The first-order chi connectivity index (χ1) is 7.65. The van der Waals surface area contributed by atoms with Gasteiger partial charge in [0.25, 0.3) is 0 Å². The fourth-order valence-corrected chi connectivity index (χ4v) is 2.65. The molecule has 0 saturated heterocycles. The van der Waals surface area contributed by atoms with E-state index in [-0.39, 0.29) is 11.5 Å². The Morgan fingerprint density at radius 3 is 2.81 bits per heavy atom. The number of rotatable bonds is 4. The summed E-state index contributed by atoms with van der Waals surface area (Å²) in [5, 5.41) is 14.5. The molecule has 1 atom stereocenters. The van der Waals surface area contributed by atoms with Crippen LogP contribution in [0.5, 0.6) is 0 Å². The molecule has 0 spiro atoms. The fraction of sp³-hybridized carbons (Fsp3) is 0.833. The molecule has 0 bridgehead atoms. The molecular weight excluding hydrogens is 202 g/mol. The minimum Gasteiger partial charge on any atom is -0.392 e. The highest BCUT2D eigenvalue weighted by Gasteiger charge is 2.36. The Morgan fingerprint density at radius 2 is 2.19 bits per heavy atom. The molecule has 1 unspecified atom stereocenters. The maximum absolute atomic E-state index is 10.3. The second-order valence-electron chi connectivity index (χ2n) is 5.07. The third kappa shape index (κ3) is 2.12. The first kappa shape index (κ1) is 11.6. The number of nitrogens with zero attached hydrogens (tertiary/aromatic N) is 3. The van der Waals surface area contributed by atoms with Crippen molar-refractivity contribution in [2.75, 3.05) is 0 Å². The zero-order chi connectivity index (χ0) is 11.6. The van der Waals surface area contributed by atoms with Crippen molar-refractivity contribution in [1.82, 2.24) is 14.8 Å². The lowest BCUT2D eigenvalue weighted by Gasteiger charge is -2.29. The van der Waals surface area contributed by atoms with Crippen LogP contribution >= 0.6 is 0 Å². The molecule has 0 radical (unpaired) electrons. The van der Waals surface area contributed by atoms with Crippen LogP contribution in [0.4, 0.5) is 0 Å².